The van der Waals surface area contributed by atoms with Crippen LogP contribution in [0.5, 0.6) is 0 Å². The molecule has 0 unspecified atom stereocenters. The molecule has 0 bridgehead atoms. The maximum Gasteiger partial charge on any atom is 0.266 e. The summed E-state index contributed by atoms with van der Waals surface area (Å²) >= 11 is 0. The molecule has 0 N–H and O–H groups in total. The molecular weight excluding hydrogens is 362 g/mol. The van der Waals surface area contributed by atoms with Crippen LogP contribution in [0, 0.1) is 0 Å². The Labute approximate surface area is 168 Å². The van der Waals surface area contributed by atoms with Crippen molar-refractivity contribution in [2.24, 2.45) is 0 Å². The van der Waals surface area contributed by atoms with E-state index < -0.39 is 0 Å². The highest BCUT2D eigenvalue weighted by Crippen LogP contribution is 2.24. The van der Waals surface area contributed by atoms with Crippen molar-refractivity contribution in [1.82, 2.24) is 9.55 Å². The highest BCUT2D eigenvalue weighted by atomic mass is 16.5. The molecule has 0 spiro atoms. The Morgan fingerprint density at radius 3 is 2.17 bits per heavy atom. The SMILES string of the molecule is O=c1c2ccccc2nc(-c2ccccc2)n1-c1ccc(N2CCOCC2)cc1. The van der Waals surface area contributed by atoms with Crippen LogP contribution in [0.25, 0.3) is 28.0 Å². The zero-order valence-electron chi connectivity index (χ0n) is 16.0. The summed E-state index contributed by atoms with van der Waals surface area (Å²) in [6.45, 7) is 3.25. The van der Waals surface area contributed by atoms with Crippen molar-refractivity contribution in [3.05, 3.63) is 89.2 Å². The van der Waals surface area contributed by atoms with Gasteiger partial charge in [0.25, 0.3) is 5.56 Å². The van der Waals surface area contributed by atoms with Crippen molar-refractivity contribution in [2.75, 3.05) is 31.2 Å². The second-order valence-corrected chi connectivity index (χ2v) is 7.07. The monoisotopic (exact) mass is 383 g/mol. The van der Waals surface area contributed by atoms with E-state index in [-0.39, 0.29) is 5.56 Å². The normalized spacial score (nSPS) is 14.3. The Bertz CT molecular complexity index is 1190. The maximum absolute atomic E-state index is 13.4. The number of rotatable bonds is 3. The average molecular weight is 383 g/mol. The second-order valence-electron chi connectivity index (χ2n) is 7.07. The average Bonchev–Trinajstić information content (AvgIpc) is 2.80. The van der Waals surface area contributed by atoms with Gasteiger partial charge in [-0.2, -0.15) is 0 Å². The van der Waals surface area contributed by atoms with Crippen LogP contribution in [-0.2, 0) is 4.74 Å². The molecule has 5 rings (SSSR count). The van der Waals surface area contributed by atoms with E-state index in [2.05, 4.69) is 17.0 Å². The van der Waals surface area contributed by atoms with Crippen LogP contribution in [0.15, 0.2) is 83.7 Å². The van der Waals surface area contributed by atoms with E-state index in [9.17, 15) is 4.79 Å². The predicted octanol–water partition coefficient (Wildman–Crippen LogP) is 3.89. The van der Waals surface area contributed by atoms with Gasteiger partial charge in [0.2, 0.25) is 0 Å². The third-order valence-corrected chi connectivity index (χ3v) is 5.29. The van der Waals surface area contributed by atoms with Gasteiger partial charge in [0.15, 0.2) is 0 Å². The first-order valence-corrected chi connectivity index (χ1v) is 9.81. The van der Waals surface area contributed by atoms with E-state index in [1.807, 2.05) is 66.7 Å². The number of hydrogen-bond acceptors (Lipinski definition) is 4. The first-order valence-electron chi connectivity index (χ1n) is 9.81. The molecule has 1 aliphatic heterocycles. The number of ether oxygens (including phenoxy) is 1. The smallest absolute Gasteiger partial charge is 0.266 e. The van der Waals surface area contributed by atoms with Crippen molar-refractivity contribution in [1.29, 1.82) is 0 Å². The molecule has 2 heterocycles. The molecule has 0 saturated carbocycles. The highest BCUT2D eigenvalue weighted by molar-refractivity contribution is 5.80. The Morgan fingerprint density at radius 2 is 1.41 bits per heavy atom. The lowest BCUT2D eigenvalue weighted by atomic mass is 10.1. The molecule has 0 radical (unpaired) electrons. The summed E-state index contributed by atoms with van der Waals surface area (Å²) in [6, 6.07) is 25.5. The third kappa shape index (κ3) is 3.30. The molecular formula is C24H21N3O2. The summed E-state index contributed by atoms with van der Waals surface area (Å²) in [6.07, 6.45) is 0. The number of morpholine rings is 1. The first kappa shape index (κ1) is 17.6. The molecule has 0 aliphatic carbocycles. The Balaban J connectivity index is 1.67. The van der Waals surface area contributed by atoms with Crippen molar-refractivity contribution >= 4 is 16.6 Å². The summed E-state index contributed by atoms with van der Waals surface area (Å²) < 4.78 is 7.15. The summed E-state index contributed by atoms with van der Waals surface area (Å²) in [5.41, 5.74) is 3.50. The molecule has 144 valence electrons. The molecule has 29 heavy (non-hydrogen) atoms. The summed E-state index contributed by atoms with van der Waals surface area (Å²) in [5, 5.41) is 0.615. The van der Waals surface area contributed by atoms with Crippen LogP contribution in [0.3, 0.4) is 0 Å². The Morgan fingerprint density at radius 1 is 0.759 bits per heavy atom. The molecule has 3 aromatic carbocycles. The predicted molar refractivity (Wildman–Crippen MR) is 116 cm³/mol. The van der Waals surface area contributed by atoms with Crippen molar-refractivity contribution < 1.29 is 4.74 Å². The van der Waals surface area contributed by atoms with Crippen molar-refractivity contribution in [3.8, 4) is 17.1 Å². The zero-order chi connectivity index (χ0) is 19.6. The molecule has 5 nitrogen and oxygen atoms in total. The molecule has 1 aromatic heterocycles. The summed E-state index contributed by atoms with van der Waals surface area (Å²) in [4.78, 5) is 20.5. The van der Waals surface area contributed by atoms with Crippen molar-refractivity contribution in [2.45, 2.75) is 0 Å². The molecule has 0 atom stereocenters. The zero-order valence-corrected chi connectivity index (χ0v) is 16.0. The Hall–Kier alpha value is -3.44. The minimum atomic E-state index is -0.0615. The number of benzene rings is 3. The highest BCUT2D eigenvalue weighted by Gasteiger charge is 2.15. The number of anilines is 1. The Kier molecular flexibility index (Phi) is 4.58. The van der Waals surface area contributed by atoms with Crippen LogP contribution in [0.2, 0.25) is 0 Å². The van der Waals surface area contributed by atoms with E-state index in [1.165, 1.54) is 0 Å². The lowest BCUT2D eigenvalue weighted by Gasteiger charge is -2.29. The minimum absolute atomic E-state index is 0.0615. The minimum Gasteiger partial charge on any atom is -0.378 e. The van der Waals surface area contributed by atoms with Gasteiger partial charge >= 0.3 is 0 Å². The topological polar surface area (TPSA) is 47.4 Å². The van der Waals surface area contributed by atoms with Crippen LogP contribution < -0.4 is 10.5 Å². The maximum atomic E-state index is 13.4. The van der Waals surface area contributed by atoms with Crippen molar-refractivity contribution in [3.63, 3.8) is 0 Å². The lowest BCUT2D eigenvalue weighted by Crippen LogP contribution is -2.36. The van der Waals surface area contributed by atoms with E-state index in [4.69, 9.17) is 9.72 Å². The molecule has 4 aromatic rings. The fraction of sp³-hybridized carbons (Fsp3) is 0.167. The van der Waals surface area contributed by atoms with E-state index >= 15 is 0 Å². The first-order chi connectivity index (χ1) is 14.3. The molecule has 5 heteroatoms. The molecule has 1 fully saturated rings. The van der Waals surface area contributed by atoms with Gasteiger partial charge < -0.3 is 9.64 Å². The fourth-order valence-electron chi connectivity index (χ4n) is 3.79. The van der Waals surface area contributed by atoms with Crippen LogP contribution in [0.4, 0.5) is 5.69 Å². The number of aromatic nitrogens is 2. The quantitative estimate of drug-likeness (QED) is 0.539. The molecule has 1 saturated heterocycles. The summed E-state index contributed by atoms with van der Waals surface area (Å²) in [5.74, 6) is 0.647. The van der Waals surface area contributed by atoms with E-state index in [0.717, 1.165) is 43.2 Å². The van der Waals surface area contributed by atoms with Gasteiger partial charge in [0.05, 0.1) is 29.8 Å². The standard InChI is InChI=1S/C24H21N3O2/c28-24-21-8-4-5-9-22(21)25-23(18-6-2-1-3-7-18)27(24)20-12-10-19(11-13-20)26-14-16-29-17-15-26/h1-13H,14-17H2. The van der Waals surface area contributed by atoms with Gasteiger partial charge in [-0.25, -0.2) is 4.98 Å². The van der Waals surface area contributed by atoms with Gasteiger partial charge in [-0.3, -0.25) is 9.36 Å². The second kappa shape index (κ2) is 7.53. The third-order valence-electron chi connectivity index (χ3n) is 5.29. The van der Waals surface area contributed by atoms with Gasteiger partial charge in [0.1, 0.15) is 5.82 Å². The van der Waals surface area contributed by atoms with Crippen LogP contribution in [-0.4, -0.2) is 35.9 Å². The van der Waals surface area contributed by atoms with E-state index in [1.54, 1.807) is 4.57 Å². The lowest BCUT2D eigenvalue weighted by molar-refractivity contribution is 0.122. The summed E-state index contributed by atoms with van der Waals surface area (Å²) in [7, 11) is 0. The molecule has 1 aliphatic rings. The molecule has 0 amide bonds. The van der Waals surface area contributed by atoms with Gasteiger partial charge in [-0.05, 0) is 36.4 Å². The van der Waals surface area contributed by atoms with Crippen LogP contribution in [0.1, 0.15) is 0 Å². The van der Waals surface area contributed by atoms with Gasteiger partial charge in [-0.1, -0.05) is 42.5 Å². The van der Waals surface area contributed by atoms with Gasteiger partial charge in [0, 0.05) is 24.3 Å². The number of hydrogen-bond donors (Lipinski definition) is 0. The number of fused-ring (bicyclic) bond motifs is 1. The number of nitrogens with zero attached hydrogens (tertiary/aromatic N) is 3. The number of para-hydroxylation sites is 1. The van der Waals surface area contributed by atoms with E-state index in [0.29, 0.717) is 16.7 Å². The van der Waals surface area contributed by atoms with Crippen LogP contribution >= 0.6 is 0 Å². The fourth-order valence-corrected chi connectivity index (χ4v) is 3.79. The van der Waals surface area contributed by atoms with Gasteiger partial charge in [-0.15, -0.1) is 0 Å². The largest absolute Gasteiger partial charge is 0.378 e.